The summed E-state index contributed by atoms with van der Waals surface area (Å²) >= 11 is 0. The summed E-state index contributed by atoms with van der Waals surface area (Å²) in [4.78, 5) is 16.8. The number of aryl methyl sites for hydroxylation is 1. The van der Waals surface area contributed by atoms with Crippen LogP contribution in [0.1, 0.15) is 76.7 Å². The Morgan fingerprint density at radius 1 is 1.11 bits per heavy atom. The number of aromatic amines is 1. The van der Waals surface area contributed by atoms with Crippen LogP contribution in [0.25, 0.3) is 10.9 Å². The lowest BCUT2D eigenvalue weighted by molar-refractivity contribution is -0.186. The van der Waals surface area contributed by atoms with Gasteiger partial charge in [0.25, 0.3) is 5.92 Å². The van der Waals surface area contributed by atoms with Gasteiger partial charge in [0.05, 0.1) is 11.5 Å². The predicted molar refractivity (Wildman–Crippen MR) is 128 cm³/mol. The van der Waals surface area contributed by atoms with Crippen LogP contribution in [0.3, 0.4) is 0 Å². The molecule has 2 N–H and O–H groups in total. The van der Waals surface area contributed by atoms with Gasteiger partial charge in [-0.05, 0) is 72.2 Å². The number of carboxylic acid groups (broad SMARTS) is 1. The molecule has 2 aromatic carbocycles. The second-order valence-corrected chi connectivity index (χ2v) is 11.1. The highest BCUT2D eigenvalue weighted by Crippen LogP contribution is 2.61. The maximum atomic E-state index is 14.2. The Balaban J connectivity index is 1.38. The molecule has 6 rings (SSSR count). The minimum Gasteiger partial charge on any atom is -0.478 e. The van der Waals surface area contributed by atoms with Crippen LogP contribution < -0.4 is 0 Å². The van der Waals surface area contributed by atoms with E-state index in [4.69, 9.17) is 0 Å². The van der Waals surface area contributed by atoms with Crippen molar-refractivity contribution in [2.24, 2.45) is 5.41 Å². The van der Waals surface area contributed by atoms with Crippen molar-refractivity contribution in [3.05, 3.63) is 70.4 Å². The minimum atomic E-state index is -2.71. The third-order valence-corrected chi connectivity index (χ3v) is 8.56. The molecule has 1 spiro atoms. The molecule has 1 aromatic heterocycles. The third kappa shape index (κ3) is 3.90. The largest absolute Gasteiger partial charge is 0.478 e. The van der Waals surface area contributed by atoms with E-state index in [9.17, 15) is 27.5 Å². The third-order valence-electron chi connectivity index (χ3n) is 8.56. The van der Waals surface area contributed by atoms with Crippen molar-refractivity contribution in [1.82, 2.24) is 9.88 Å². The highest BCUT2D eigenvalue weighted by Gasteiger charge is 2.60. The number of likely N-dealkylation sites (tertiary alicyclic amines) is 1. The highest BCUT2D eigenvalue weighted by molar-refractivity contribution is 5.88. The molecule has 3 aromatic rings. The fraction of sp³-hybridized carbons (Fsp3) is 0.464. The van der Waals surface area contributed by atoms with Gasteiger partial charge in [0, 0.05) is 48.9 Å². The average Bonchev–Trinajstić information content (AvgIpc) is 3.18. The quantitative estimate of drug-likeness (QED) is 0.369. The average molecular weight is 501 g/mol. The fourth-order valence-electron chi connectivity index (χ4n) is 6.65. The lowest BCUT2D eigenvalue weighted by Crippen LogP contribution is -2.53. The number of carbonyl (C=O) groups is 1. The Labute approximate surface area is 206 Å². The van der Waals surface area contributed by atoms with Gasteiger partial charge in [0.1, 0.15) is 0 Å². The number of H-pyrrole nitrogens is 1. The summed E-state index contributed by atoms with van der Waals surface area (Å²) in [7, 11) is 0. The summed E-state index contributed by atoms with van der Waals surface area (Å²) in [6, 6.07) is 10.2. The number of piperidine rings is 1. The van der Waals surface area contributed by atoms with Crippen molar-refractivity contribution in [2.45, 2.75) is 69.4 Å². The first-order valence-corrected chi connectivity index (χ1v) is 12.4. The van der Waals surface area contributed by atoms with Crippen LogP contribution in [0.15, 0.2) is 42.6 Å². The summed E-state index contributed by atoms with van der Waals surface area (Å²) in [6.45, 7) is 2.91. The maximum Gasteiger partial charge on any atom is 0.335 e. The van der Waals surface area contributed by atoms with E-state index in [2.05, 4.69) is 9.88 Å². The van der Waals surface area contributed by atoms with Gasteiger partial charge in [-0.25, -0.2) is 22.4 Å². The summed E-state index contributed by atoms with van der Waals surface area (Å²) in [5, 5.41) is 10.2. The topological polar surface area (TPSA) is 56.3 Å². The molecule has 36 heavy (non-hydrogen) atoms. The van der Waals surface area contributed by atoms with Crippen LogP contribution in [-0.4, -0.2) is 39.3 Å². The summed E-state index contributed by atoms with van der Waals surface area (Å²) in [6.07, 6.45) is 2.55. The SMILES string of the molecule is Cc1cc(C2CC2(F)F)c(CN2CCC3(CC2c2ccc(C(=O)O)cc2)CC(F)(F)C3)c2cc[nH]c12. The van der Waals surface area contributed by atoms with Gasteiger partial charge in [0.15, 0.2) is 0 Å². The molecule has 0 radical (unpaired) electrons. The van der Waals surface area contributed by atoms with E-state index >= 15 is 0 Å². The molecule has 2 aliphatic carbocycles. The zero-order valence-corrected chi connectivity index (χ0v) is 20.0. The molecule has 3 aliphatic rings. The number of nitrogens with zero attached hydrogens (tertiary/aromatic N) is 1. The van der Waals surface area contributed by atoms with Crippen LogP contribution in [0, 0.1) is 12.3 Å². The maximum absolute atomic E-state index is 14.2. The van der Waals surface area contributed by atoms with Gasteiger partial charge in [-0.15, -0.1) is 0 Å². The van der Waals surface area contributed by atoms with E-state index in [-0.39, 0.29) is 30.9 Å². The van der Waals surface area contributed by atoms with Crippen LogP contribution >= 0.6 is 0 Å². The van der Waals surface area contributed by atoms with E-state index in [1.165, 1.54) is 0 Å². The molecule has 2 heterocycles. The second kappa shape index (κ2) is 7.81. The van der Waals surface area contributed by atoms with Crippen molar-refractivity contribution in [1.29, 1.82) is 0 Å². The highest BCUT2D eigenvalue weighted by atomic mass is 19.3. The Kier molecular flexibility index (Phi) is 5.11. The Hall–Kier alpha value is -2.87. The summed E-state index contributed by atoms with van der Waals surface area (Å²) in [5.41, 5.74) is 3.96. The van der Waals surface area contributed by atoms with Crippen molar-refractivity contribution in [3.63, 3.8) is 0 Å². The Morgan fingerprint density at radius 2 is 1.81 bits per heavy atom. The standard InChI is InChI=1S/C28H28F4N2O2/c1-16-10-20(22-11-28(22,31)32)21(19-6-8-33-24(16)19)13-34-9-7-26(14-27(29,30)15-26)12-23(34)17-2-4-18(5-3-17)25(35)36/h2-6,8,10,22-23,33H,7,9,11-15H2,1H3,(H,35,36). The molecular formula is C28H28F4N2O2. The number of aromatic nitrogens is 1. The summed E-state index contributed by atoms with van der Waals surface area (Å²) < 4.78 is 56.3. The van der Waals surface area contributed by atoms with Crippen molar-refractivity contribution >= 4 is 16.9 Å². The Morgan fingerprint density at radius 3 is 2.42 bits per heavy atom. The Bertz CT molecular complexity index is 1340. The summed E-state index contributed by atoms with van der Waals surface area (Å²) in [5.74, 6) is -7.18. The number of carboxylic acids is 1. The molecule has 0 amide bonds. The molecule has 2 atom stereocenters. The molecule has 3 fully saturated rings. The number of halogens is 4. The lowest BCUT2D eigenvalue weighted by atomic mass is 9.59. The molecule has 8 heteroatoms. The molecule has 190 valence electrons. The molecular weight excluding hydrogens is 472 g/mol. The number of benzene rings is 2. The van der Waals surface area contributed by atoms with Gasteiger partial charge in [-0.3, -0.25) is 4.90 Å². The van der Waals surface area contributed by atoms with Crippen LogP contribution in [0.4, 0.5) is 17.6 Å². The zero-order chi connectivity index (χ0) is 25.5. The van der Waals surface area contributed by atoms with Gasteiger partial charge >= 0.3 is 5.97 Å². The first-order chi connectivity index (χ1) is 17.0. The normalized spacial score (nSPS) is 26.1. The lowest BCUT2D eigenvalue weighted by Gasteiger charge is -2.54. The van der Waals surface area contributed by atoms with E-state index in [1.54, 1.807) is 24.3 Å². The fourth-order valence-corrected chi connectivity index (χ4v) is 6.65. The van der Waals surface area contributed by atoms with Gasteiger partial charge in [-0.1, -0.05) is 18.2 Å². The van der Waals surface area contributed by atoms with E-state index in [0.29, 0.717) is 31.5 Å². The number of fused-ring (bicyclic) bond motifs is 1. The smallest absolute Gasteiger partial charge is 0.335 e. The molecule has 4 nitrogen and oxygen atoms in total. The van der Waals surface area contributed by atoms with Crippen molar-refractivity contribution in [2.75, 3.05) is 6.54 Å². The van der Waals surface area contributed by atoms with Crippen molar-refractivity contribution in [3.8, 4) is 0 Å². The number of hydrogen-bond donors (Lipinski definition) is 2. The van der Waals surface area contributed by atoms with Crippen LogP contribution in [0.2, 0.25) is 0 Å². The molecule has 2 saturated carbocycles. The van der Waals surface area contributed by atoms with E-state index in [1.807, 2.05) is 25.3 Å². The number of hydrogen-bond acceptors (Lipinski definition) is 2. The number of nitrogens with one attached hydrogen (secondary N) is 1. The first-order valence-electron chi connectivity index (χ1n) is 12.4. The van der Waals surface area contributed by atoms with Gasteiger partial charge in [0.2, 0.25) is 5.92 Å². The number of aromatic carboxylic acids is 1. The monoisotopic (exact) mass is 500 g/mol. The minimum absolute atomic E-state index is 0.135. The van der Waals surface area contributed by atoms with Gasteiger partial charge < -0.3 is 10.1 Å². The number of alkyl halides is 4. The molecule has 1 saturated heterocycles. The van der Waals surface area contributed by atoms with E-state index < -0.39 is 29.1 Å². The zero-order valence-electron chi connectivity index (χ0n) is 20.0. The van der Waals surface area contributed by atoms with Gasteiger partial charge in [-0.2, -0.15) is 0 Å². The molecule has 1 aliphatic heterocycles. The molecule has 0 bridgehead atoms. The van der Waals surface area contributed by atoms with E-state index in [0.717, 1.165) is 27.6 Å². The van der Waals surface area contributed by atoms with Crippen molar-refractivity contribution < 1.29 is 27.5 Å². The first kappa shape index (κ1) is 23.5. The predicted octanol–water partition coefficient (Wildman–Crippen LogP) is 7.05. The number of rotatable bonds is 5. The second-order valence-electron chi connectivity index (χ2n) is 11.1. The molecule has 2 unspecified atom stereocenters. The van der Waals surface area contributed by atoms with Crippen LogP contribution in [0.5, 0.6) is 0 Å². The van der Waals surface area contributed by atoms with Crippen LogP contribution in [-0.2, 0) is 6.54 Å².